The molecule has 0 heterocycles. The van der Waals surface area contributed by atoms with Crippen LogP contribution in [0.25, 0.3) is 0 Å². The number of benzene rings is 1. The van der Waals surface area contributed by atoms with Crippen molar-refractivity contribution in [3.63, 3.8) is 0 Å². The number of fused-ring (bicyclic) bond motifs is 2. The standard InChI is InChI=1S/C41H73ClO/c1-6-11-12-26-31-43-39-37-32-36(35-42)33-38(39)41(10-5,28-8-3)30-25-23-21-19-17-15-13-14-16-18-20-22-24-29-40(9-4,34-37)27-7-2/h32-33H,6-31,34-35H2,1-5H3. The Morgan fingerprint density at radius 3 is 1.72 bits per heavy atom. The summed E-state index contributed by atoms with van der Waals surface area (Å²) in [6, 6.07) is 4.94. The van der Waals surface area contributed by atoms with Crippen LogP contribution in [-0.2, 0) is 17.7 Å². The SMILES string of the molecule is CCCCCCOc1c2cc(CCl)cc1C(CC)(CCC)CCCCCCCCCCCCCCCC(CC)(CCC)C2. The second kappa shape index (κ2) is 22.8. The summed E-state index contributed by atoms with van der Waals surface area (Å²) in [4.78, 5) is 0. The fraction of sp³-hybridized carbons (Fsp3) is 0.854. The molecule has 1 aliphatic carbocycles. The summed E-state index contributed by atoms with van der Waals surface area (Å²) in [5.74, 6) is 1.86. The van der Waals surface area contributed by atoms with Crippen LogP contribution < -0.4 is 4.74 Å². The van der Waals surface area contributed by atoms with E-state index in [0.29, 0.717) is 11.3 Å². The van der Waals surface area contributed by atoms with Gasteiger partial charge in [0.15, 0.2) is 0 Å². The number of ether oxygens (including phenoxy) is 1. The number of alkyl halides is 1. The topological polar surface area (TPSA) is 9.23 Å². The average Bonchev–Trinajstić information content (AvgIpc) is 3.02. The summed E-state index contributed by atoms with van der Waals surface area (Å²) in [5, 5.41) is 0. The summed E-state index contributed by atoms with van der Waals surface area (Å²) in [6.45, 7) is 12.8. The number of rotatable bonds is 13. The first-order chi connectivity index (χ1) is 21.0. The van der Waals surface area contributed by atoms with Crippen LogP contribution in [0.3, 0.4) is 0 Å². The van der Waals surface area contributed by atoms with Gasteiger partial charge in [0, 0.05) is 11.4 Å². The summed E-state index contributed by atoms with van der Waals surface area (Å²) in [7, 11) is 0. The Bertz CT molecular complexity index is 833. The minimum absolute atomic E-state index is 0.183. The van der Waals surface area contributed by atoms with Crippen LogP contribution >= 0.6 is 11.6 Å². The van der Waals surface area contributed by atoms with Crippen molar-refractivity contribution in [1.29, 1.82) is 0 Å². The molecule has 1 aromatic rings. The normalized spacial score (nSPS) is 23.9. The molecule has 250 valence electrons. The molecule has 0 saturated carbocycles. The summed E-state index contributed by atoms with van der Waals surface area (Å²) in [5.41, 5.74) is 4.82. The lowest BCUT2D eigenvalue weighted by atomic mass is 9.68. The molecule has 0 fully saturated rings. The van der Waals surface area contributed by atoms with Gasteiger partial charge in [0.1, 0.15) is 5.75 Å². The van der Waals surface area contributed by atoms with Crippen LogP contribution in [0.1, 0.15) is 212 Å². The van der Waals surface area contributed by atoms with Gasteiger partial charge in [-0.25, -0.2) is 0 Å². The molecular weight excluding hydrogens is 544 g/mol. The lowest BCUT2D eigenvalue weighted by Crippen LogP contribution is -2.28. The number of hydrogen-bond acceptors (Lipinski definition) is 1. The lowest BCUT2D eigenvalue weighted by molar-refractivity contribution is 0.209. The summed E-state index contributed by atoms with van der Waals surface area (Å²) >= 11 is 6.69. The van der Waals surface area contributed by atoms with Crippen molar-refractivity contribution in [1.82, 2.24) is 0 Å². The highest BCUT2D eigenvalue weighted by Gasteiger charge is 2.35. The molecule has 2 rings (SSSR count). The van der Waals surface area contributed by atoms with Gasteiger partial charge in [-0.05, 0) is 66.9 Å². The Morgan fingerprint density at radius 1 is 0.628 bits per heavy atom. The number of hydrogen-bond donors (Lipinski definition) is 0. The van der Waals surface area contributed by atoms with E-state index in [9.17, 15) is 0 Å². The first-order valence-electron chi connectivity index (χ1n) is 19.4. The Labute approximate surface area is 275 Å². The van der Waals surface area contributed by atoms with E-state index in [2.05, 4.69) is 46.8 Å². The predicted octanol–water partition coefficient (Wildman–Crippen LogP) is 14.4. The maximum absolute atomic E-state index is 7.02. The van der Waals surface area contributed by atoms with Gasteiger partial charge in [0.2, 0.25) is 0 Å². The highest BCUT2D eigenvalue weighted by Crippen LogP contribution is 2.48. The third-order valence-electron chi connectivity index (χ3n) is 11.1. The van der Waals surface area contributed by atoms with Crippen molar-refractivity contribution in [2.45, 2.75) is 213 Å². The van der Waals surface area contributed by atoms with Crippen molar-refractivity contribution >= 4 is 11.6 Å². The Hall–Kier alpha value is -0.690. The van der Waals surface area contributed by atoms with Crippen LogP contribution in [0, 0.1) is 5.41 Å². The second-order valence-corrected chi connectivity index (χ2v) is 14.7. The molecule has 0 radical (unpaired) electrons. The van der Waals surface area contributed by atoms with E-state index in [1.165, 1.54) is 177 Å². The third kappa shape index (κ3) is 13.3. The molecule has 0 spiro atoms. The van der Waals surface area contributed by atoms with Crippen molar-refractivity contribution in [3.05, 3.63) is 28.8 Å². The van der Waals surface area contributed by atoms with Gasteiger partial charge in [0.05, 0.1) is 6.61 Å². The minimum Gasteiger partial charge on any atom is -0.493 e. The van der Waals surface area contributed by atoms with Crippen molar-refractivity contribution < 1.29 is 4.74 Å². The molecule has 2 heteroatoms. The van der Waals surface area contributed by atoms with Gasteiger partial charge in [-0.2, -0.15) is 0 Å². The smallest absolute Gasteiger partial charge is 0.126 e. The number of halogens is 1. The molecule has 43 heavy (non-hydrogen) atoms. The third-order valence-corrected chi connectivity index (χ3v) is 11.4. The Balaban J connectivity index is 2.57. The van der Waals surface area contributed by atoms with Gasteiger partial charge < -0.3 is 4.74 Å². The van der Waals surface area contributed by atoms with Crippen molar-refractivity contribution in [2.75, 3.05) is 6.61 Å². The fourth-order valence-electron chi connectivity index (χ4n) is 8.27. The van der Waals surface area contributed by atoms with Gasteiger partial charge >= 0.3 is 0 Å². The second-order valence-electron chi connectivity index (χ2n) is 14.4. The Morgan fingerprint density at radius 2 is 1.21 bits per heavy atom. The molecule has 0 N–H and O–H groups in total. The maximum atomic E-state index is 7.02. The van der Waals surface area contributed by atoms with Crippen LogP contribution in [0.4, 0.5) is 0 Å². The molecule has 1 aromatic carbocycles. The zero-order valence-corrected chi connectivity index (χ0v) is 30.5. The average molecular weight is 617 g/mol. The van der Waals surface area contributed by atoms with E-state index >= 15 is 0 Å². The molecular formula is C41H73ClO. The van der Waals surface area contributed by atoms with Gasteiger partial charge in [-0.1, -0.05) is 169 Å². The lowest BCUT2D eigenvalue weighted by Gasteiger charge is -2.38. The van der Waals surface area contributed by atoms with E-state index in [1.54, 1.807) is 0 Å². The molecule has 1 aliphatic rings. The van der Waals surface area contributed by atoms with Gasteiger partial charge in [-0.3, -0.25) is 0 Å². The molecule has 0 amide bonds. The summed E-state index contributed by atoms with van der Waals surface area (Å²) in [6.07, 6.45) is 34.6. The monoisotopic (exact) mass is 617 g/mol. The van der Waals surface area contributed by atoms with E-state index in [-0.39, 0.29) is 5.41 Å². The van der Waals surface area contributed by atoms with Gasteiger partial charge in [0.25, 0.3) is 0 Å². The van der Waals surface area contributed by atoms with E-state index in [0.717, 1.165) is 19.4 Å². The van der Waals surface area contributed by atoms with Crippen LogP contribution in [-0.4, -0.2) is 6.61 Å². The number of unbranched alkanes of at least 4 members (excludes halogenated alkanes) is 3. The van der Waals surface area contributed by atoms with E-state index in [4.69, 9.17) is 16.3 Å². The van der Waals surface area contributed by atoms with Crippen LogP contribution in [0.15, 0.2) is 12.1 Å². The highest BCUT2D eigenvalue weighted by molar-refractivity contribution is 6.17. The quantitative estimate of drug-likeness (QED) is 0.158. The first kappa shape index (κ1) is 38.5. The molecule has 2 atom stereocenters. The minimum atomic E-state index is 0.183. The van der Waals surface area contributed by atoms with E-state index < -0.39 is 0 Å². The molecule has 2 bridgehead atoms. The van der Waals surface area contributed by atoms with E-state index in [1.807, 2.05) is 0 Å². The van der Waals surface area contributed by atoms with Crippen LogP contribution in [0.5, 0.6) is 5.75 Å². The van der Waals surface area contributed by atoms with Crippen molar-refractivity contribution in [2.24, 2.45) is 5.41 Å². The highest BCUT2D eigenvalue weighted by atomic mass is 35.5. The van der Waals surface area contributed by atoms with Crippen LogP contribution in [0.2, 0.25) is 0 Å². The molecule has 0 saturated heterocycles. The predicted molar refractivity (Wildman–Crippen MR) is 193 cm³/mol. The Kier molecular flexibility index (Phi) is 20.4. The summed E-state index contributed by atoms with van der Waals surface area (Å²) < 4.78 is 7.02. The zero-order valence-electron chi connectivity index (χ0n) is 29.7. The fourth-order valence-corrected chi connectivity index (χ4v) is 8.42. The van der Waals surface area contributed by atoms with Gasteiger partial charge in [-0.15, -0.1) is 11.6 Å². The first-order valence-corrected chi connectivity index (χ1v) is 19.9. The molecule has 0 aromatic heterocycles. The zero-order chi connectivity index (χ0) is 31.2. The molecule has 1 nitrogen and oxygen atoms in total. The molecule has 0 aliphatic heterocycles. The van der Waals surface area contributed by atoms with Crippen molar-refractivity contribution in [3.8, 4) is 5.75 Å². The largest absolute Gasteiger partial charge is 0.493 e. The molecule has 2 unspecified atom stereocenters. The maximum Gasteiger partial charge on any atom is 0.126 e.